The standard InChI is InChI=1S/C46H68N2O5/c1-9-27-48(28-10-2)29-13-26-47-39(52)44-23-20-40(4,5)30-35(44)34-16-19-46-42(7,41(34,6)21-24-44)22-25-45(46)31(3)36(17-18-43(45,46)8)53-38(51)33-15-12-11-14-32(33)37(49)50/h11-12,14-16,31,35-36H,9-10,13,17-30H2,1-8H3,(H,47,52)(H,49,50)/t31?,35?,36?,41-,42?,43?,44?,45?,46?/m1/s1. The molecule has 5 saturated carbocycles. The van der Waals surface area contributed by atoms with E-state index in [1.165, 1.54) is 6.07 Å². The summed E-state index contributed by atoms with van der Waals surface area (Å²) in [5.74, 6) is -0.880. The second-order valence-corrected chi connectivity index (χ2v) is 19.9. The van der Waals surface area contributed by atoms with E-state index in [1.807, 2.05) is 0 Å². The van der Waals surface area contributed by atoms with E-state index in [2.05, 4.69) is 71.7 Å². The van der Waals surface area contributed by atoms with E-state index in [0.29, 0.717) is 5.91 Å². The van der Waals surface area contributed by atoms with Gasteiger partial charge in [-0.3, -0.25) is 4.79 Å². The highest BCUT2D eigenvalue weighted by Gasteiger charge is 2.95. The number of carboxylic acids is 1. The highest BCUT2D eigenvalue weighted by Crippen LogP contribution is 2.99. The summed E-state index contributed by atoms with van der Waals surface area (Å²) in [6.07, 6.45) is 16.0. The number of rotatable bonds is 12. The van der Waals surface area contributed by atoms with Crippen LogP contribution in [-0.2, 0) is 9.53 Å². The Morgan fingerprint density at radius 2 is 1.55 bits per heavy atom. The van der Waals surface area contributed by atoms with Crippen molar-refractivity contribution in [1.82, 2.24) is 10.2 Å². The molecule has 0 aromatic heterocycles. The number of nitrogens with zero attached hydrogens (tertiary/aromatic N) is 1. The zero-order valence-corrected chi connectivity index (χ0v) is 34.2. The van der Waals surface area contributed by atoms with Gasteiger partial charge in [-0.25, -0.2) is 9.59 Å². The number of nitrogens with one attached hydrogen (secondary N) is 1. The van der Waals surface area contributed by atoms with Gasteiger partial charge in [0, 0.05) is 6.54 Å². The van der Waals surface area contributed by atoms with Crippen molar-refractivity contribution in [3.8, 4) is 0 Å². The van der Waals surface area contributed by atoms with Gasteiger partial charge in [-0.05, 0) is 160 Å². The molecular weight excluding hydrogens is 661 g/mol. The molecule has 0 saturated heterocycles. The van der Waals surface area contributed by atoms with E-state index in [4.69, 9.17) is 4.74 Å². The number of fused-ring (bicyclic) bond motifs is 4. The first kappa shape index (κ1) is 38.6. The Bertz CT molecular complexity index is 1660. The van der Waals surface area contributed by atoms with Crippen molar-refractivity contribution in [2.75, 3.05) is 26.2 Å². The molecule has 6 aliphatic carbocycles. The van der Waals surface area contributed by atoms with E-state index in [1.54, 1.807) is 23.8 Å². The van der Waals surface area contributed by atoms with E-state index in [0.717, 1.165) is 110 Å². The molecule has 0 aliphatic heterocycles. The van der Waals surface area contributed by atoms with Crippen LogP contribution in [0.1, 0.15) is 160 Å². The van der Waals surface area contributed by atoms with Crippen molar-refractivity contribution in [2.45, 2.75) is 145 Å². The molecular formula is C46H68N2O5. The predicted molar refractivity (Wildman–Crippen MR) is 210 cm³/mol. The van der Waals surface area contributed by atoms with Crippen LogP contribution < -0.4 is 5.32 Å². The van der Waals surface area contributed by atoms with Crippen LogP contribution in [0.25, 0.3) is 0 Å². The highest BCUT2D eigenvalue weighted by molar-refractivity contribution is 6.02. The molecule has 7 nitrogen and oxygen atoms in total. The van der Waals surface area contributed by atoms with Crippen LogP contribution in [0, 0.1) is 49.7 Å². The minimum absolute atomic E-state index is 0.00305. The van der Waals surface area contributed by atoms with E-state index in [-0.39, 0.29) is 67.0 Å². The lowest BCUT2D eigenvalue weighted by molar-refractivity contribution is -0.147. The Balaban J connectivity index is 1.15. The number of benzene rings is 1. The number of hydrogen-bond donors (Lipinski definition) is 2. The minimum Gasteiger partial charge on any atom is -0.478 e. The summed E-state index contributed by atoms with van der Waals surface area (Å²) in [6, 6.07) is 6.42. The smallest absolute Gasteiger partial charge is 0.339 e. The monoisotopic (exact) mass is 729 g/mol. The molecule has 292 valence electrons. The van der Waals surface area contributed by atoms with Gasteiger partial charge in [0.05, 0.1) is 16.5 Å². The molecule has 0 radical (unpaired) electrons. The average Bonchev–Trinajstić information content (AvgIpc) is 3.44. The van der Waals surface area contributed by atoms with Crippen molar-refractivity contribution in [3.05, 3.63) is 47.0 Å². The van der Waals surface area contributed by atoms with Gasteiger partial charge in [0.1, 0.15) is 6.10 Å². The fourth-order valence-corrected chi connectivity index (χ4v) is 14.9. The number of esters is 1. The number of carboxylic acid groups (broad SMARTS) is 1. The van der Waals surface area contributed by atoms with Gasteiger partial charge in [0.2, 0.25) is 5.91 Å². The number of carbonyl (C=O) groups is 3. The van der Waals surface area contributed by atoms with E-state index < -0.39 is 11.9 Å². The van der Waals surface area contributed by atoms with Crippen LogP contribution in [0.3, 0.4) is 0 Å². The van der Waals surface area contributed by atoms with Gasteiger partial charge in [0.15, 0.2) is 0 Å². The van der Waals surface area contributed by atoms with Crippen molar-refractivity contribution < 1.29 is 24.2 Å². The lowest BCUT2D eigenvalue weighted by Crippen LogP contribution is -2.60. The Kier molecular flexibility index (Phi) is 9.63. The maximum absolute atomic E-state index is 14.6. The third-order valence-electron chi connectivity index (χ3n) is 17.6. The zero-order chi connectivity index (χ0) is 38.2. The number of aromatic carboxylic acids is 1. The molecule has 0 heterocycles. The van der Waals surface area contributed by atoms with Crippen molar-refractivity contribution in [2.24, 2.45) is 49.7 Å². The Labute approximate surface area is 319 Å². The summed E-state index contributed by atoms with van der Waals surface area (Å²) in [5, 5.41) is 13.3. The van der Waals surface area contributed by atoms with Crippen LogP contribution in [0.4, 0.5) is 0 Å². The van der Waals surface area contributed by atoms with Gasteiger partial charge >= 0.3 is 11.9 Å². The number of allylic oxidation sites excluding steroid dienone is 2. The van der Waals surface area contributed by atoms with Gasteiger partial charge < -0.3 is 20.1 Å². The van der Waals surface area contributed by atoms with Crippen molar-refractivity contribution in [1.29, 1.82) is 0 Å². The van der Waals surface area contributed by atoms with Crippen LogP contribution in [0.15, 0.2) is 35.9 Å². The summed E-state index contributed by atoms with van der Waals surface area (Å²) >= 11 is 0. The second kappa shape index (κ2) is 13.2. The van der Waals surface area contributed by atoms with Crippen molar-refractivity contribution in [3.63, 3.8) is 0 Å². The van der Waals surface area contributed by atoms with Crippen LogP contribution >= 0.6 is 0 Å². The largest absolute Gasteiger partial charge is 0.478 e. The SMILES string of the molecule is CCCN(CCC)CCCNC(=O)C12CCC(C)(C)CC1C1=CCC34C5(C)CCC(OC(=O)c6ccccc6C(=O)O)C(C)C53CCC4(C)[C@]1(C)CC2. The molecule has 1 amide bonds. The van der Waals surface area contributed by atoms with Gasteiger partial charge in [0.25, 0.3) is 0 Å². The third-order valence-corrected chi connectivity index (χ3v) is 17.6. The lowest BCUT2D eigenvalue weighted by Gasteiger charge is -2.64. The molecule has 7 heteroatoms. The minimum atomic E-state index is -1.11. The molecule has 53 heavy (non-hydrogen) atoms. The fourth-order valence-electron chi connectivity index (χ4n) is 14.9. The summed E-state index contributed by atoms with van der Waals surface area (Å²) in [6.45, 7) is 23.5. The van der Waals surface area contributed by atoms with Crippen LogP contribution in [0.5, 0.6) is 0 Å². The molecule has 7 rings (SSSR count). The maximum atomic E-state index is 14.6. The highest BCUT2D eigenvalue weighted by atomic mass is 16.5. The molecule has 1 aromatic rings. The zero-order valence-electron chi connectivity index (χ0n) is 34.2. The van der Waals surface area contributed by atoms with Crippen molar-refractivity contribution >= 4 is 17.8 Å². The quantitative estimate of drug-likeness (QED) is 0.126. The Hall–Kier alpha value is -2.67. The summed E-state index contributed by atoms with van der Waals surface area (Å²) in [4.78, 5) is 42.6. The Morgan fingerprint density at radius 1 is 0.868 bits per heavy atom. The van der Waals surface area contributed by atoms with Gasteiger partial charge in [-0.2, -0.15) is 0 Å². The molecule has 9 atom stereocenters. The first-order valence-electron chi connectivity index (χ1n) is 21.3. The summed E-state index contributed by atoms with van der Waals surface area (Å²) < 4.78 is 6.31. The molecule has 2 N–H and O–H groups in total. The van der Waals surface area contributed by atoms with E-state index in [9.17, 15) is 19.5 Å². The number of hydrogen-bond acceptors (Lipinski definition) is 5. The first-order chi connectivity index (χ1) is 25.0. The normalized spacial score (nSPS) is 40.5. The van der Waals surface area contributed by atoms with E-state index >= 15 is 0 Å². The number of carbonyl (C=O) groups excluding carboxylic acids is 2. The predicted octanol–water partition coefficient (Wildman–Crippen LogP) is 9.70. The summed E-state index contributed by atoms with van der Waals surface area (Å²) in [5.41, 5.74) is 2.00. The lowest BCUT2D eigenvalue weighted by atomic mass is 9.39. The van der Waals surface area contributed by atoms with Crippen LogP contribution in [0.2, 0.25) is 0 Å². The second-order valence-electron chi connectivity index (χ2n) is 19.9. The maximum Gasteiger partial charge on any atom is 0.339 e. The first-order valence-corrected chi connectivity index (χ1v) is 21.3. The van der Waals surface area contributed by atoms with Gasteiger partial charge in [-0.1, -0.05) is 79.2 Å². The third kappa shape index (κ3) is 5.16. The number of amides is 1. The fraction of sp³-hybridized carbons (Fsp3) is 0.761. The van der Waals surface area contributed by atoms with Crippen LogP contribution in [-0.4, -0.2) is 60.1 Å². The number of ether oxygens (including phenoxy) is 1. The molecule has 1 aromatic carbocycles. The molecule has 6 aliphatic rings. The molecule has 0 bridgehead atoms. The summed E-state index contributed by atoms with van der Waals surface area (Å²) in [7, 11) is 0. The Morgan fingerprint density at radius 3 is 2.23 bits per heavy atom. The topological polar surface area (TPSA) is 95.9 Å². The molecule has 8 unspecified atom stereocenters. The van der Waals surface area contributed by atoms with Gasteiger partial charge in [-0.15, -0.1) is 0 Å². The molecule has 2 spiro atoms. The molecule has 5 fully saturated rings. The average molecular weight is 729 g/mol.